The van der Waals surface area contributed by atoms with E-state index in [0.717, 1.165) is 0 Å². The first kappa shape index (κ1) is 23.1. The van der Waals surface area contributed by atoms with E-state index in [1.165, 1.54) is 0 Å². The fraction of sp³-hybridized carbons (Fsp3) is 0. The van der Waals surface area contributed by atoms with E-state index in [9.17, 15) is 0 Å². The van der Waals surface area contributed by atoms with Crippen LogP contribution >= 0.6 is 0 Å². The molecule has 1 radical (unpaired) electrons. The molecule has 0 saturated carbocycles. The third kappa shape index (κ3) is 1240. The van der Waals surface area contributed by atoms with Gasteiger partial charge in [0.1, 0.15) is 0 Å². The Morgan fingerprint density at radius 1 is 0.667 bits per heavy atom. The minimum Gasteiger partial charge on any atom is -0.344 e. The quantitative estimate of drug-likeness (QED) is 0.323. The molecule has 0 atom stereocenters. The van der Waals surface area contributed by atoms with Gasteiger partial charge in [0.05, 0.1) is 0 Å². The molecule has 0 spiro atoms. The largest absolute Gasteiger partial charge is 0.394 e. The van der Waals surface area contributed by atoms with Crippen LogP contribution < -0.4 is 6.15 Å². The molecule has 12 heteroatoms. The molecular formula is H7NO8S2Tm. The minimum absolute atomic E-state index is 0. The Morgan fingerprint density at radius 3 is 0.667 bits per heavy atom. The van der Waals surface area contributed by atoms with Crippen molar-refractivity contribution in [1.29, 1.82) is 0 Å². The summed E-state index contributed by atoms with van der Waals surface area (Å²) in [4.78, 5) is 0. The van der Waals surface area contributed by atoms with E-state index in [-0.39, 0.29) is 43.0 Å². The Kier molecular flexibility index (Phi) is 16.4. The van der Waals surface area contributed by atoms with Crippen molar-refractivity contribution >= 4 is 20.8 Å². The summed E-state index contributed by atoms with van der Waals surface area (Å²) in [6.45, 7) is 0. The molecule has 0 aliphatic heterocycles. The van der Waals surface area contributed by atoms with Gasteiger partial charge >= 0.3 is 20.8 Å². The van der Waals surface area contributed by atoms with Crippen LogP contribution in [0.2, 0.25) is 0 Å². The smallest absolute Gasteiger partial charge is 0.344 e. The van der Waals surface area contributed by atoms with E-state index >= 15 is 0 Å². The Morgan fingerprint density at radius 2 is 0.667 bits per heavy atom. The van der Waals surface area contributed by atoms with Gasteiger partial charge < -0.3 is 6.15 Å². The first-order valence-electron chi connectivity index (χ1n) is 1.40. The average Bonchev–Trinajstić information content (AvgIpc) is 1.12. The predicted molar refractivity (Wildman–Crippen MR) is 33.4 cm³/mol. The summed E-state index contributed by atoms with van der Waals surface area (Å²) >= 11 is 0. The Hall–Kier alpha value is 0.934. The van der Waals surface area contributed by atoms with Crippen molar-refractivity contribution in [1.82, 2.24) is 6.15 Å². The fourth-order valence-corrected chi connectivity index (χ4v) is 0. The van der Waals surface area contributed by atoms with Gasteiger partial charge in [0.2, 0.25) is 0 Å². The molecular weight excluding hydrogens is 375 g/mol. The first-order chi connectivity index (χ1) is 4.00. The molecule has 0 aromatic carbocycles. The number of rotatable bonds is 0. The summed E-state index contributed by atoms with van der Waals surface area (Å²) < 4.78 is 63.2. The topological polar surface area (TPSA) is 184 Å². The normalized spacial score (nSPS) is 9.67. The zero-order chi connectivity index (χ0) is 9.00. The van der Waals surface area contributed by atoms with Gasteiger partial charge in [-0.2, -0.15) is 16.8 Å². The van der Waals surface area contributed by atoms with Crippen molar-refractivity contribution in [3.05, 3.63) is 0 Å². The van der Waals surface area contributed by atoms with Crippen molar-refractivity contribution in [3.63, 3.8) is 0 Å². The molecule has 0 aromatic rings. The van der Waals surface area contributed by atoms with Gasteiger partial charge in [-0.15, -0.1) is 0 Å². The van der Waals surface area contributed by atoms with Crippen LogP contribution in [-0.2, 0) is 20.8 Å². The van der Waals surface area contributed by atoms with Gasteiger partial charge in [-0.25, -0.2) is 0 Å². The van der Waals surface area contributed by atoms with Gasteiger partial charge in [0.25, 0.3) is 0 Å². The monoisotopic (exact) mass is 382 g/mol. The van der Waals surface area contributed by atoms with Crippen LogP contribution in [-0.4, -0.2) is 35.0 Å². The third-order valence-corrected chi connectivity index (χ3v) is 0. The first-order valence-corrected chi connectivity index (χ1v) is 4.19. The van der Waals surface area contributed by atoms with Gasteiger partial charge in [0.15, 0.2) is 0 Å². The molecule has 0 aliphatic carbocycles. The maximum atomic E-state index is 8.74. The molecule has 0 aliphatic rings. The van der Waals surface area contributed by atoms with Crippen molar-refractivity contribution in [3.8, 4) is 0 Å². The van der Waals surface area contributed by atoms with E-state index in [4.69, 9.17) is 35.0 Å². The summed E-state index contributed by atoms with van der Waals surface area (Å²) in [5.74, 6) is 0. The van der Waals surface area contributed by atoms with Crippen LogP contribution in [0.3, 0.4) is 0 Å². The zero-order valence-corrected chi connectivity index (χ0v) is 8.64. The third-order valence-electron chi connectivity index (χ3n) is 0. The second-order valence-corrected chi connectivity index (χ2v) is 2.69. The second kappa shape index (κ2) is 8.53. The summed E-state index contributed by atoms with van der Waals surface area (Å²) in [6.07, 6.45) is 0. The molecule has 0 unspecified atom stereocenters. The standard InChI is InChI=1S/H3N.2H2O4S.Tm/c;2*1-5(2,3)4;/h1H3;2*(H2,1,2,3,4);. The molecule has 85 valence electrons. The van der Waals surface area contributed by atoms with Crippen LogP contribution in [0.25, 0.3) is 0 Å². The average molecular weight is 382 g/mol. The van der Waals surface area contributed by atoms with Crippen LogP contribution in [0, 0.1) is 36.9 Å². The molecule has 7 N–H and O–H groups in total. The molecule has 0 aromatic heterocycles. The van der Waals surface area contributed by atoms with Crippen LogP contribution in [0.5, 0.6) is 0 Å². The summed E-state index contributed by atoms with van der Waals surface area (Å²) in [5.41, 5.74) is 0. The molecule has 0 fully saturated rings. The fourth-order valence-electron chi connectivity index (χ4n) is 0. The van der Waals surface area contributed by atoms with Gasteiger partial charge in [-0.3, -0.25) is 18.2 Å². The van der Waals surface area contributed by atoms with Crippen LogP contribution in [0.4, 0.5) is 0 Å². The van der Waals surface area contributed by atoms with Crippen molar-refractivity contribution < 1.29 is 71.9 Å². The van der Waals surface area contributed by atoms with E-state index in [1.807, 2.05) is 0 Å². The van der Waals surface area contributed by atoms with E-state index in [0.29, 0.717) is 0 Å². The molecule has 12 heavy (non-hydrogen) atoms. The zero-order valence-electron chi connectivity index (χ0n) is 5.22. The van der Waals surface area contributed by atoms with Crippen molar-refractivity contribution in [2.45, 2.75) is 0 Å². The van der Waals surface area contributed by atoms with Crippen molar-refractivity contribution in [2.24, 2.45) is 0 Å². The van der Waals surface area contributed by atoms with Gasteiger partial charge in [0, 0.05) is 36.9 Å². The van der Waals surface area contributed by atoms with E-state index in [1.54, 1.807) is 0 Å². The maximum Gasteiger partial charge on any atom is 0.394 e. The van der Waals surface area contributed by atoms with Gasteiger partial charge in [-0.1, -0.05) is 0 Å². The Bertz CT molecular complexity index is 213. The molecule has 9 nitrogen and oxygen atoms in total. The van der Waals surface area contributed by atoms with Gasteiger partial charge in [-0.05, 0) is 0 Å². The summed E-state index contributed by atoms with van der Waals surface area (Å²) in [6, 6.07) is 0. The van der Waals surface area contributed by atoms with Crippen molar-refractivity contribution in [2.75, 3.05) is 0 Å². The van der Waals surface area contributed by atoms with E-state index < -0.39 is 20.8 Å². The molecule has 0 bridgehead atoms. The van der Waals surface area contributed by atoms with E-state index in [2.05, 4.69) is 0 Å². The minimum atomic E-state index is -4.67. The molecule has 0 rings (SSSR count). The maximum absolute atomic E-state index is 8.74. The summed E-state index contributed by atoms with van der Waals surface area (Å²) in [7, 11) is -9.33. The van der Waals surface area contributed by atoms with Crippen LogP contribution in [0.1, 0.15) is 0 Å². The van der Waals surface area contributed by atoms with Crippen LogP contribution in [0.15, 0.2) is 0 Å². The second-order valence-electron chi connectivity index (χ2n) is 0.896. The number of hydrogen-bond acceptors (Lipinski definition) is 5. The Labute approximate surface area is 98.1 Å². The summed E-state index contributed by atoms with van der Waals surface area (Å²) in [5, 5.41) is 0. The Balaban J connectivity index is -0.0000000457. The SMILES string of the molecule is N.O=S(=O)(O)O.O=S(=O)(O)O.[Tm]. The predicted octanol–water partition coefficient (Wildman–Crippen LogP) is -1.14. The molecule has 0 heterocycles. The molecule has 0 saturated heterocycles. The molecule has 0 amide bonds. The number of hydrogen-bond donors (Lipinski definition) is 5.